The molecule has 1 amide bonds. The SMILES string of the molecule is COc1ccc(S(=O)(=O)N2CCN(C(=O)c3occc3-c3ccccc3)CC2)cc1. The second-order valence-electron chi connectivity index (χ2n) is 6.90. The standard InChI is InChI=1S/C22H22N2O5S/c1-28-18-7-9-19(10-8-18)30(26,27)24-14-12-23(13-15-24)22(25)21-20(11-16-29-21)17-5-3-2-4-6-17/h2-11,16H,12-15H2,1H3. The lowest BCUT2D eigenvalue weighted by atomic mass is 10.1. The highest BCUT2D eigenvalue weighted by atomic mass is 32.2. The molecule has 0 bridgehead atoms. The van der Waals surface area contributed by atoms with Crippen LogP contribution in [-0.4, -0.2) is 56.8 Å². The van der Waals surface area contributed by atoms with Gasteiger partial charge in [0.1, 0.15) is 5.75 Å². The van der Waals surface area contributed by atoms with Gasteiger partial charge in [-0.1, -0.05) is 30.3 Å². The van der Waals surface area contributed by atoms with Gasteiger partial charge >= 0.3 is 0 Å². The van der Waals surface area contributed by atoms with E-state index in [1.807, 2.05) is 30.3 Å². The number of piperazine rings is 1. The van der Waals surface area contributed by atoms with Crippen molar-refractivity contribution in [2.45, 2.75) is 4.90 Å². The Morgan fingerprint density at radius 2 is 1.60 bits per heavy atom. The van der Waals surface area contributed by atoms with Crippen molar-refractivity contribution in [2.24, 2.45) is 0 Å². The summed E-state index contributed by atoms with van der Waals surface area (Å²) in [7, 11) is -2.09. The van der Waals surface area contributed by atoms with Crippen molar-refractivity contribution >= 4 is 15.9 Å². The third-order valence-corrected chi connectivity index (χ3v) is 7.08. The molecule has 8 heteroatoms. The summed E-state index contributed by atoms with van der Waals surface area (Å²) in [5, 5.41) is 0. The molecule has 2 heterocycles. The maximum Gasteiger partial charge on any atom is 0.290 e. The molecular weight excluding hydrogens is 404 g/mol. The molecule has 2 aromatic carbocycles. The fourth-order valence-corrected chi connectivity index (χ4v) is 4.91. The first-order valence-electron chi connectivity index (χ1n) is 9.57. The van der Waals surface area contributed by atoms with Gasteiger partial charge in [-0.2, -0.15) is 4.31 Å². The van der Waals surface area contributed by atoms with E-state index < -0.39 is 10.0 Å². The molecule has 1 saturated heterocycles. The zero-order chi connectivity index (χ0) is 21.1. The fourth-order valence-electron chi connectivity index (χ4n) is 3.49. The molecule has 0 aliphatic carbocycles. The largest absolute Gasteiger partial charge is 0.497 e. The van der Waals surface area contributed by atoms with Crippen molar-refractivity contribution in [1.29, 1.82) is 0 Å². The number of ether oxygens (including phenoxy) is 1. The number of furan rings is 1. The highest BCUT2D eigenvalue weighted by molar-refractivity contribution is 7.89. The molecule has 3 aromatic rings. The summed E-state index contributed by atoms with van der Waals surface area (Å²) in [6, 6.07) is 17.6. The van der Waals surface area contributed by atoms with Crippen LogP contribution in [0.25, 0.3) is 11.1 Å². The number of carbonyl (C=O) groups excluding carboxylic acids is 1. The van der Waals surface area contributed by atoms with Gasteiger partial charge in [-0.15, -0.1) is 0 Å². The third-order valence-electron chi connectivity index (χ3n) is 5.17. The van der Waals surface area contributed by atoms with Crippen LogP contribution in [0.5, 0.6) is 5.75 Å². The molecular formula is C22H22N2O5S. The highest BCUT2D eigenvalue weighted by Gasteiger charge is 2.32. The number of amides is 1. The molecule has 1 aliphatic rings. The zero-order valence-corrected chi connectivity index (χ0v) is 17.3. The van der Waals surface area contributed by atoms with Gasteiger partial charge in [0, 0.05) is 31.7 Å². The summed E-state index contributed by atoms with van der Waals surface area (Å²) in [6.07, 6.45) is 1.50. The smallest absolute Gasteiger partial charge is 0.290 e. The van der Waals surface area contributed by atoms with Crippen LogP contribution in [0.1, 0.15) is 10.6 Å². The molecule has 7 nitrogen and oxygen atoms in total. The van der Waals surface area contributed by atoms with Crippen LogP contribution in [0.15, 0.2) is 76.2 Å². The second kappa shape index (κ2) is 8.33. The molecule has 0 N–H and O–H groups in total. The van der Waals surface area contributed by atoms with Gasteiger partial charge in [-0.05, 0) is 35.9 Å². The predicted molar refractivity (Wildman–Crippen MR) is 112 cm³/mol. The van der Waals surface area contributed by atoms with Gasteiger partial charge in [0.2, 0.25) is 10.0 Å². The normalized spacial score (nSPS) is 15.2. The van der Waals surface area contributed by atoms with Crippen molar-refractivity contribution in [1.82, 2.24) is 9.21 Å². The lowest BCUT2D eigenvalue weighted by molar-refractivity contribution is 0.0667. The molecule has 4 rings (SSSR count). The molecule has 0 unspecified atom stereocenters. The molecule has 0 atom stereocenters. The second-order valence-corrected chi connectivity index (χ2v) is 8.84. The average Bonchev–Trinajstić information content (AvgIpc) is 3.29. The van der Waals surface area contributed by atoms with E-state index >= 15 is 0 Å². The number of nitrogens with zero attached hydrogens (tertiary/aromatic N) is 2. The van der Waals surface area contributed by atoms with E-state index in [0.717, 1.165) is 11.1 Å². The Morgan fingerprint density at radius 3 is 2.23 bits per heavy atom. The summed E-state index contributed by atoms with van der Waals surface area (Å²) >= 11 is 0. The first kappa shape index (κ1) is 20.2. The topological polar surface area (TPSA) is 80.1 Å². The molecule has 0 saturated carbocycles. The quantitative estimate of drug-likeness (QED) is 0.626. The molecule has 156 valence electrons. The van der Waals surface area contributed by atoms with Crippen LogP contribution < -0.4 is 4.74 Å². The Bertz CT molecular complexity index is 1120. The lowest BCUT2D eigenvalue weighted by Crippen LogP contribution is -2.50. The molecule has 0 spiro atoms. The zero-order valence-electron chi connectivity index (χ0n) is 16.5. The highest BCUT2D eigenvalue weighted by Crippen LogP contribution is 2.27. The van der Waals surface area contributed by atoms with E-state index in [9.17, 15) is 13.2 Å². The maximum absolute atomic E-state index is 13.0. The molecule has 1 fully saturated rings. The van der Waals surface area contributed by atoms with Crippen LogP contribution >= 0.6 is 0 Å². The van der Waals surface area contributed by atoms with Crippen LogP contribution in [0.4, 0.5) is 0 Å². The van der Waals surface area contributed by atoms with E-state index in [0.29, 0.717) is 18.8 Å². The number of hydrogen-bond donors (Lipinski definition) is 0. The number of rotatable bonds is 5. The summed E-state index contributed by atoms with van der Waals surface area (Å²) in [5.41, 5.74) is 1.63. The average molecular weight is 426 g/mol. The molecule has 1 aliphatic heterocycles. The van der Waals surface area contributed by atoms with Crippen LogP contribution in [0.2, 0.25) is 0 Å². The van der Waals surface area contributed by atoms with E-state index in [1.165, 1.54) is 29.8 Å². The van der Waals surface area contributed by atoms with E-state index in [4.69, 9.17) is 9.15 Å². The molecule has 30 heavy (non-hydrogen) atoms. The monoisotopic (exact) mass is 426 g/mol. The van der Waals surface area contributed by atoms with Crippen molar-refractivity contribution < 1.29 is 22.4 Å². The van der Waals surface area contributed by atoms with Crippen LogP contribution in [0.3, 0.4) is 0 Å². The summed E-state index contributed by atoms with van der Waals surface area (Å²) < 4.78 is 37.8. The van der Waals surface area contributed by atoms with Gasteiger partial charge in [0.25, 0.3) is 5.91 Å². The number of hydrogen-bond acceptors (Lipinski definition) is 5. The summed E-state index contributed by atoms with van der Waals surface area (Å²) in [6.45, 7) is 1.04. The van der Waals surface area contributed by atoms with Crippen molar-refractivity contribution in [3.8, 4) is 16.9 Å². The minimum Gasteiger partial charge on any atom is -0.497 e. The summed E-state index contributed by atoms with van der Waals surface area (Å²) in [5.74, 6) is 0.630. The van der Waals surface area contributed by atoms with Gasteiger partial charge < -0.3 is 14.1 Å². The van der Waals surface area contributed by atoms with Gasteiger partial charge in [0.15, 0.2) is 5.76 Å². The van der Waals surface area contributed by atoms with Gasteiger partial charge in [-0.3, -0.25) is 4.79 Å². The van der Waals surface area contributed by atoms with Gasteiger partial charge in [-0.25, -0.2) is 8.42 Å². The fraction of sp³-hybridized carbons (Fsp3) is 0.227. The van der Waals surface area contributed by atoms with Crippen LogP contribution in [0, 0.1) is 0 Å². The predicted octanol–water partition coefficient (Wildman–Crippen LogP) is 3.10. The third kappa shape index (κ3) is 3.83. The van der Waals surface area contributed by atoms with Crippen LogP contribution in [-0.2, 0) is 10.0 Å². The Hall–Kier alpha value is -3.10. The number of methoxy groups -OCH3 is 1. The Balaban J connectivity index is 1.46. The Kier molecular flexibility index (Phi) is 5.61. The van der Waals surface area contributed by atoms with Crippen molar-refractivity contribution in [3.05, 3.63) is 72.7 Å². The van der Waals surface area contributed by atoms with Crippen molar-refractivity contribution in [2.75, 3.05) is 33.3 Å². The Morgan fingerprint density at radius 1 is 0.933 bits per heavy atom. The van der Waals surface area contributed by atoms with E-state index in [1.54, 1.807) is 23.1 Å². The molecule has 1 aromatic heterocycles. The number of sulfonamides is 1. The lowest BCUT2D eigenvalue weighted by Gasteiger charge is -2.33. The van der Waals surface area contributed by atoms with Crippen molar-refractivity contribution in [3.63, 3.8) is 0 Å². The summed E-state index contributed by atoms with van der Waals surface area (Å²) in [4.78, 5) is 14.8. The van der Waals surface area contributed by atoms with E-state index in [2.05, 4.69) is 0 Å². The maximum atomic E-state index is 13.0. The minimum atomic E-state index is -3.62. The minimum absolute atomic E-state index is 0.209. The number of carbonyl (C=O) groups is 1. The number of benzene rings is 2. The van der Waals surface area contributed by atoms with Gasteiger partial charge in [0.05, 0.1) is 18.3 Å². The van der Waals surface area contributed by atoms with E-state index in [-0.39, 0.29) is 29.7 Å². The first-order valence-corrected chi connectivity index (χ1v) is 11.0. The Labute approximate surface area is 175 Å². The first-order chi connectivity index (χ1) is 14.5. The molecule has 0 radical (unpaired) electrons.